The maximum absolute atomic E-state index is 3.85. The molecule has 0 saturated carbocycles. The van der Waals surface area contributed by atoms with Gasteiger partial charge in [-0.1, -0.05) is 43.0 Å². The van der Waals surface area contributed by atoms with E-state index in [0.29, 0.717) is 0 Å². The number of hydrogen-bond donors (Lipinski definition) is 0. The summed E-state index contributed by atoms with van der Waals surface area (Å²) in [6.07, 6.45) is 6.14. The number of rotatable bonds is 3. The lowest BCUT2D eigenvalue weighted by Crippen LogP contribution is -1.92. The van der Waals surface area contributed by atoms with Gasteiger partial charge in [-0.15, -0.1) is 0 Å². The molecular weight excluding hydrogens is 192 g/mol. The molecule has 0 bridgehead atoms. The minimum atomic E-state index is 1.21. The molecule has 84 valence electrons. The summed E-state index contributed by atoms with van der Waals surface area (Å²) in [4.78, 5) is 0. The lowest BCUT2D eigenvalue weighted by atomic mass is 9.93. The second-order valence-electron chi connectivity index (χ2n) is 4.05. The van der Waals surface area contributed by atoms with Crippen molar-refractivity contribution in [1.82, 2.24) is 0 Å². The molecule has 1 aromatic carbocycles. The van der Waals surface area contributed by atoms with Gasteiger partial charge >= 0.3 is 0 Å². The first-order chi connectivity index (χ1) is 7.61. The van der Waals surface area contributed by atoms with Crippen molar-refractivity contribution in [1.29, 1.82) is 0 Å². The first-order valence-electron chi connectivity index (χ1n) is 5.64. The molecule has 0 aliphatic heterocycles. The predicted molar refractivity (Wildman–Crippen MR) is 73.5 cm³/mol. The van der Waals surface area contributed by atoms with Gasteiger partial charge in [0.1, 0.15) is 0 Å². The van der Waals surface area contributed by atoms with E-state index >= 15 is 0 Å². The third-order valence-electron chi connectivity index (χ3n) is 2.96. The van der Waals surface area contributed by atoms with Crippen LogP contribution in [0, 0.1) is 13.8 Å². The first-order valence-corrected chi connectivity index (χ1v) is 5.64. The van der Waals surface area contributed by atoms with E-state index in [2.05, 4.69) is 57.7 Å². The molecule has 0 heterocycles. The van der Waals surface area contributed by atoms with Gasteiger partial charge in [-0.05, 0) is 55.5 Å². The molecule has 0 heteroatoms. The second kappa shape index (κ2) is 5.50. The summed E-state index contributed by atoms with van der Waals surface area (Å²) >= 11 is 0. The van der Waals surface area contributed by atoms with Gasteiger partial charge in [0.05, 0.1) is 0 Å². The Morgan fingerprint density at radius 2 is 1.94 bits per heavy atom. The maximum Gasteiger partial charge on any atom is -0.0150 e. The van der Waals surface area contributed by atoms with Crippen molar-refractivity contribution in [3.8, 4) is 0 Å². The summed E-state index contributed by atoms with van der Waals surface area (Å²) in [6, 6.07) is 6.43. The Morgan fingerprint density at radius 1 is 1.25 bits per heavy atom. The van der Waals surface area contributed by atoms with Gasteiger partial charge in [0.25, 0.3) is 0 Å². The topological polar surface area (TPSA) is 0 Å². The highest BCUT2D eigenvalue weighted by atomic mass is 14.1. The van der Waals surface area contributed by atoms with Gasteiger partial charge in [0, 0.05) is 0 Å². The quantitative estimate of drug-likeness (QED) is 0.629. The molecule has 0 spiro atoms. The van der Waals surface area contributed by atoms with Crippen molar-refractivity contribution in [2.45, 2.75) is 27.7 Å². The van der Waals surface area contributed by atoms with Gasteiger partial charge in [-0.25, -0.2) is 0 Å². The normalized spacial score (nSPS) is 12.8. The third-order valence-corrected chi connectivity index (χ3v) is 2.96. The van der Waals surface area contributed by atoms with E-state index in [-0.39, 0.29) is 0 Å². The SMILES string of the molecule is C=C/C(C)=C(\C=C/C)c1cccc(C)c1C. The Hall–Kier alpha value is -1.56. The average molecular weight is 212 g/mol. The van der Waals surface area contributed by atoms with E-state index in [1.165, 1.54) is 27.8 Å². The van der Waals surface area contributed by atoms with Crippen LogP contribution in [0.5, 0.6) is 0 Å². The standard InChI is InChI=1S/C16H20/c1-6-9-15(12(3)7-2)16-11-8-10-13(4)14(16)5/h6-11H,2H2,1,3-5H3/b9-6-,15-12+. The molecule has 0 aromatic heterocycles. The molecule has 0 N–H and O–H groups in total. The summed E-state index contributed by atoms with van der Waals surface area (Å²) in [5, 5.41) is 0. The van der Waals surface area contributed by atoms with E-state index < -0.39 is 0 Å². The van der Waals surface area contributed by atoms with Crippen LogP contribution in [0.1, 0.15) is 30.5 Å². The van der Waals surface area contributed by atoms with Gasteiger partial charge in [-0.3, -0.25) is 0 Å². The first kappa shape index (κ1) is 12.5. The lowest BCUT2D eigenvalue weighted by molar-refractivity contribution is 1.31. The Bertz CT molecular complexity index is 445. The van der Waals surface area contributed by atoms with E-state index in [0.717, 1.165) is 0 Å². The zero-order chi connectivity index (χ0) is 12.1. The molecule has 0 nitrogen and oxygen atoms in total. The molecule has 0 amide bonds. The van der Waals surface area contributed by atoms with Crippen LogP contribution in [-0.2, 0) is 0 Å². The molecule has 16 heavy (non-hydrogen) atoms. The van der Waals surface area contributed by atoms with Crippen LogP contribution in [0.4, 0.5) is 0 Å². The highest BCUT2D eigenvalue weighted by Crippen LogP contribution is 2.25. The van der Waals surface area contributed by atoms with Crippen LogP contribution in [0.2, 0.25) is 0 Å². The summed E-state index contributed by atoms with van der Waals surface area (Å²) in [6.45, 7) is 12.3. The van der Waals surface area contributed by atoms with Gasteiger partial charge in [0.2, 0.25) is 0 Å². The number of hydrogen-bond acceptors (Lipinski definition) is 0. The largest absolute Gasteiger partial charge is 0.0988 e. The predicted octanol–water partition coefficient (Wildman–Crippen LogP) is 4.84. The zero-order valence-electron chi connectivity index (χ0n) is 10.7. The average Bonchev–Trinajstić information content (AvgIpc) is 2.29. The van der Waals surface area contributed by atoms with Crippen molar-refractivity contribution in [3.05, 3.63) is 65.3 Å². The lowest BCUT2D eigenvalue weighted by Gasteiger charge is -2.11. The van der Waals surface area contributed by atoms with Gasteiger partial charge < -0.3 is 0 Å². The van der Waals surface area contributed by atoms with Crippen molar-refractivity contribution in [2.24, 2.45) is 0 Å². The molecule has 1 aromatic rings. The molecule has 0 radical (unpaired) electrons. The van der Waals surface area contributed by atoms with E-state index in [1.54, 1.807) is 0 Å². The Labute approximate surface area is 99.0 Å². The van der Waals surface area contributed by atoms with Gasteiger partial charge in [-0.2, -0.15) is 0 Å². The second-order valence-corrected chi connectivity index (χ2v) is 4.05. The Morgan fingerprint density at radius 3 is 2.50 bits per heavy atom. The monoisotopic (exact) mass is 212 g/mol. The van der Waals surface area contributed by atoms with Crippen molar-refractivity contribution in [3.63, 3.8) is 0 Å². The molecule has 0 aliphatic carbocycles. The molecule has 0 unspecified atom stereocenters. The van der Waals surface area contributed by atoms with Crippen molar-refractivity contribution >= 4 is 5.57 Å². The van der Waals surface area contributed by atoms with Crippen LogP contribution in [0.3, 0.4) is 0 Å². The summed E-state index contributed by atoms with van der Waals surface area (Å²) in [7, 11) is 0. The van der Waals surface area contributed by atoms with Gasteiger partial charge in [0.15, 0.2) is 0 Å². The minimum absolute atomic E-state index is 1.21. The Balaban J connectivity index is 3.44. The Kier molecular flexibility index (Phi) is 4.30. The van der Waals surface area contributed by atoms with Crippen LogP contribution in [0.25, 0.3) is 5.57 Å². The fourth-order valence-corrected chi connectivity index (χ4v) is 1.75. The van der Waals surface area contributed by atoms with E-state index in [4.69, 9.17) is 0 Å². The minimum Gasteiger partial charge on any atom is -0.0988 e. The van der Waals surface area contributed by atoms with Crippen LogP contribution in [-0.4, -0.2) is 0 Å². The highest BCUT2D eigenvalue weighted by molar-refractivity contribution is 5.80. The smallest absolute Gasteiger partial charge is 0.0150 e. The zero-order valence-corrected chi connectivity index (χ0v) is 10.7. The summed E-state index contributed by atoms with van der Waals surface area (Å²) in [5.41, 5.74) is 6.45. The fraction of sp³-hybridized carbons (Fsp3) is 0.250. The summed E-state index contributed by atoms with van der Waals surface area (Å²) in [5.74, 6) is 0. The fourth-order valence-electron chi connectivity index (χ4n) is 1.75. The number of aryl methyl sites for hydroxylation is 1. The van der Waals surface area contributed by atoms with E-state index in [1.807, 2.05) is 13.0 Å². The summed E-state index contributed by atoms with van der Waals surface area (Å²) < 4.78 is 0. The van der Waals surface area contributed by atoms with E-state index in [9.17, 15) is 0 Å². The maximum atomic E-state index is 3.85. The molecule has 0 aliphatic rings. The van der Waals surface area contributed by atoms with Crippen LogP contribution >= 0.6 is 0 Å². The highest BCUT2D eigenvalue weighted by Gasteiger charge is 2.05. The molecule has 0 fully saturated rings. The number of allylic oxidation sites excluding steroid dienone is 5. The molecule has 1 rings (SSSR count). The van der Waals surface area contributed by atoms with Crippen LogP contribution < -0.4 is 0 Å². The van der Waals surface area contributed by atoms with Crippen LogP contribution in [0.15, 0.2) is 48.6 Å². The number of benzene rings is 1. The van der Waals surface area contributed by atoms with Crippen molar-refractivity contribution in [2.75, 3.05) is 0 Å². The molecule has 0 atom stereocenters. The molecular formula is C16H20. The third kappa shape index (κ3) is 2.52. The van der Waals surface area contributed by atoms with Crippen molar-refractivity contribution < 1.29 is 0 Å². The molecule has 0 saturated heterocycles.